The highest BCUT2D eigenvalue weighted by Crippen LogP contribution is 2.38. The van der Waals surface area contributed by atoms with Gasteiger partial charge in [-0.15, -0.1) is 0 Å². The first kappa shape index (κ1) is 26.0. The highest BCUT2D eigenvalue weighted by molar-refractivity contribution is 9.10. The summed E-state index contributed by atoms with van der Waals surface area (Å²) < 4.78 is 17.6. The van der Waals surface area contributed by atoms with Crippen LogP contribution in [0.4, 0.5) is 5.69 Å². The molecule has 0 unspecified atom stereocenters. The van der Waals surface area contributed by atoms with Crippen molar-refractivity contribution in [2.75, 3.05) is 19.5 Å². The molecule has 1 amide bonds. The number of ether oxygens (including phenoxy) is 3. The Morgan fingerprint density at radius 3 is 2.37 bits per heavy atom. The Balaban J connectivity index is 1.79. The van der Waals surface area contributed by atoms with E-state index >= 15 is 0 Å². The van der Waals surface area contributed by atoms with Gasteiger partial charge >= 0.3 is 5.97 Å². The van der Waals surface area contributed by atoms with Crippen LogP contribution < -0.4 is 14.8 Å². The number of benzene rings is 3. The standard InChI is InChI=1S/C26H20Br2N2O5/c1-33-23-13-16(12-22(28)24(23)35-15-18-5-3-4-6-21(18)27)11-19(14-29)25(31)30-20-9-7-17(8-10-20)26(32)34-2/h3-13H,15H2,1-2H3,(H,30,31)/b19-11+. The summed E-state index contributed by atoms with van der Waals surface area (Å²) in [4.78, 5) is 24.2. The second-order valence-electron chi connectivity index (χ2n) is 7.11. The van der Waals surface area contributed by atoms with Gasteiger partial charge in [0.2, 0.25) is 0 Å². The Bertz CT molecular complexity index is 1310. The third-order valence-corrected chi connectivity index (χ3v) is 6.18. The van der Waals surface area contributed by atoms with Crippen molar-refractivity contribution in [2.24, 2.45) is 0 Å². The summed E-state index contributed by atoms with van der Waals surface area (Å²) in [6.07, 6.45) is 1.45. The number of hydrogen-bond donors (Lipinski definition) is 1. The lowest BCUT2D eigenvalue weighted by atomic mass is 10.1. The number of carbonyl (C=O) groups is 2. The number of nitrogens with zero attached hydrogens (tertiary/aromatic N) is 1. The Morgan fingerprint density at radius 2 is 1.74 bits per heavy atom. The lowest BCUT2D eigenvalue weighted by molar-refractivity contribution is -0.112. The zero-order valence-electron chi connectivity index (χ0n) is 18.8. The molecule has 0 fully saturated rings. The molecular weight excluding hydrogens is 580 g/mol. The summed E-state index contributed by atoms with van der Waals surface area (Å²) in [5.74, 6) is -0.144. The molecule has 0 aliphatic carbocycles. The first-order valence-corrected chi connectivity index (χ1v) is 11.8. The average molecular weight is 600 g/mol. The van der Waals surface area contributed by atoms with Gasteiger partial charge in [0.1, 0.15) is 18.2 Å². The molecule has 0 saturated carbocycles. The van der Waals surface area contributed by atoms with Gasteiger partial charge in [0.25, 0.3) is 5.91 Å². The highest BCUT2D eigenvalue weighted by Gasteiger charge is 2.15. The van der Waals surface area contributed by atoms with E-state index in [9.17, 15) is 14.9 Å². The van der Waals surface area contributed by atoms with Crippen LogP contribution in [-0.4, -0.2) is 26.1 Å². The maximum atomic E-state index is 12.7. The lowest BCUT2D eigenvalue weighted by Crippen LogP contribution is -2.13. The fraction of sp³-hybridized carbons (Fsp3) is 0.115. The molecule has 1 N–H and O–H groups in total. The maximum Gasteiger partial charge on any atom is 0.337 e. The van der Waals surface area contributed by atoms with E-state index in [1.54, 1.807) is 24.3 Å². The quantitative estimate of drug-likeness (QED) is 0.190. The summed E-state index contributed by atoms with van der Waals surface area (Å²) >= 11 is 6.99. The SMILES string of the molecule is COC(=O)c1ccc(NC(=O)/C(C#N)=C/c2cc(Br)c(OCc3ccccc3Br)c(OC)c2)cc1. The first-order valence-electron chi connectivity index (χ1n) is 10.2. The minimum atomic E-state index is -0.595. The summed E-state index contributed by atoms with van der Waals surface area (Å²) in [5.41, 5.74) is 2.19. The van der Waals surface area contributed by atoms with Crippen molar-refractivity contribution in [1.29, 1.82) is 5.26 Å². The van der Waals surface area contributed by atoms with Crippen LogP contribution in [0.15, 0.2) is 75.2 Å². The van der Waals surface area contributed by atoms with E-state index in [1.807, 2.05) is 30.3 Å². The Kier molecular flexibility index (Phi) is 9.06. The maximum absolute atomic E-state index is 12.7. The average Bonchev–Trinajstić information content (AvgIpc) is 2.87. The number of amides is 1. The predicted octanol–water partition coefficient (Wildman–Crippen LogP) is 6.13. The number of methoxy groups -OCH3 is 2. The molecular formula is C26H20Br2N2O5. The molecule has 0 radical (unpaired) electrons. The van der Waals surface area contributed by atoms with Crippen LogP contribution in [0, 0.1) is 11.3 Å². The van der Waals surface area contributed by atoms with Crippen LogP contribution in [0.2, 0.25) is 0 Å². The fourth-order valence-electron chi connectivity index (χ4n) is 3.05. The molecule has 0 saturated heterocycles. The number of rotatable bonds is 8. The number of hydrogen-bond acceptors (Lipinski definition) is 6. The van der Waals surface area contributed by atoms with Crippen molar-refractivity contribution in [2.45, 2.75) is 6.61 Å². The summed E-state index contributed by atoms with van der Waals surface area (Å²) in [5, 5.41) is 12.2. The minimum Gasteiger partial charge on any atom is -0.493 e. The Hall–Kier alpha value is -3.61. The molecule has 3 aromatic rings. The molecule has 0 atom stereocenters. The smallest absolute Gasteiger partial charge is 0.337 e. The van der Waals surface area contributed by atoms with Gasteiger partial charge in [-0.3, -0.25) is 4.79 Å². The molecule has 3 aromatic carbocycles. The van der Waals surface area contributed by atoms with Gasteiger partial charge < -0.3 is 19.5 Å². The van der Waals surface area contributed by atoms with Gasteiger partial charge in [-0.2, -0.15) is 5.26 Å². The van der Waals surface area contributed by atoms with Gasteiger partial charge in [-0.25, -0.2) is 4.79 Å². The Morgan fingerprint density at radius 1 is 1.03 bits per heavy atom. The van der Waals surface area contributed by atoms with Gasteiger partial charge in [0, 0.05) is 15.7 Å². The zero-order chi connectivity index (χ0) is 25.4. The lowest BCUT2D eigenvalue weighted by Gasteiger charge is -2.14. The third-order valence-electron chi connectivity index (χ3n) is 4.82. The van der Waals surface area contributed by atoms with E-state index < -0.39 is 11.9 Å². The van der Waals surface area contributed by atoms with Crippen LogP contribution >= 0.6 is 31.9 Å². The van der Waals surface area contributed by atoms with E-state index in [-0.39, 0.29) is 5.57 Å². The molecule has 0 aliphatic rings. The van der Waals surface area contributed by atoms with Gasteiger partial charge in [0.15, 0.2) is 11.5 Å². The van der Waals surface area contributed by atoms with Crippen LogP contribution in [0.1, 0.15) is 21.5 Å². The molecule has 0 heterocycles. The summed E-state index contributed by atoms with van der Waals surface area (Å²) in [7, 11) is 2.80. The molecule has 7 nitrogen and oxygen atoms in total. The summed E-state index contributed by atoms with van der Waals surface area (Å²) in [6.45, 7) is 0.312. The molecule has 0 bridgehead atoms. The molecule has 0 aliphatic heterocycles. The minimum absolute atomic E-state index is 0.113. The third kappa shape index (κ3) is 6.72. The molecule has 178 valence electrons. The number of nitrogens with one attached hydrogen (secondary N) is 1. The van der Waals surface area contributed by atoms with Crippen LogP contribution in [0.3, 0.4) is 0 Å². The van der Waals surface area contributed by atoms with Crippen molar-refractivity contribution in [1.82, 2.24) is 0 Å². The number of carbonyl (C=O) groups excluding carboxylic acids is 2. The second kappa shape index (κ2) is 12.2. The second-order valence-corrected chi connectivity index (χ2v) is 8.82. The van der Waals surface area contributed by atoms with Crippen LogP contribution in [-0.2, 0) is 16.1 Å². The van der Waals surface area contributed by atoms with E-state index in [2.05, 4.69) is 41.9 Å². The number of halogens is 2. The number of esters is 1. The van der Waals surface area contributed by atoms with Crippen molar-refractivity contribution in [3.05, 3.63) is 91.9 Å². The van der Waals surface area contributed by atoms with Crippen molar-refractivity contribution >= 4 is 55.5 Å². The van der Waals surface area contributed by atoms with Crippen molar-refractivity contribution in [3.8, 4) is 17.6 Å². The van der Waals surface area contributed by atoms with Crippen molar-refractivity contribution in [3.63, 3.8) is 0 Å². The predicted molar refractivity (Wildman–Crippen MR) is 139 cm³/mol. The molecule has 0 spiro atoms. The number of nitriles is 1. The van der Waals surface area contributed by atoms with Gasteiger partial charge in [-0.1, -0.05) is 34.1 Å². The zero-order valence-corrected chi connectivity index (χ0v) is 22.0. The van der Waals surface area contributed by atoms with E-state index in [0.29, 0.717) is 39.4 Å². The molecule has 3 rings (SSSR count). The topological polar surface area (TPSA) is 97.7 Å². The number of anilines is 1. The van der Waals surface area contributed by atoms with Crippen LogP contribution in [0.5, 0.6) is 11.5 Å². The molecule has 9 heteroatoms. The van der Waals surface area contributed by atoms with Crippen molar-refractivity contribution < 1.29 is 23.8 Å². The normalized spacial score (nSPS) is 10.8. The Labute approximate surface area is 219 Å². The fourth-order valence-corrected chi connectivity index (χ4v) is 4.02. The monoisotopic (exact) mass is 598 g/mol. The van der Waals surface area contributed by atoms with E-state index in [1.165, 1.54) is 32.4 Å². The van der Waals surface area contributed by atoms with Gasteiger partial charge in [0.05, 0.1) is 24.3 Å². The largest absolute Gasteiger partial charge is 0.493 e. The van der Waals surface area contributed by atoms with Crippen LogP contribution in [0.25, 0.3) is 6.08 Å². The summed E-state index contributed by atoms with van der Waals surface area (Å²) in [6, 6.07) is 19.2. The molecule has 35 heavy (non-hydrogen) atoms. The first-order chi connectivity index (χ1) is 16.9. The van der Waals surface area contributed by atoms with E-state index in [0.717, 1.165) is 10.0 Å². The van der Waals surface area contributed by atoms with Gasteiger partial charge in [-0.05, 0) is 70.0 Å². The highest BCUT2D eigenvalue weighted by atomic mass is 79.9. The van der Waals surface area contributed by atoms with E-state index in [4.69, 9.17) is 9.47 Å². The molecule has 0 aromatic heterocycles.